The average molecular weight is 377 g/mol. The second-order valence-corrected chi connectivity index (χ2v) is 5.83. The molecule has 1 aliphatic heterocycles. The number of ether oxygens (including phenoxy) is 4. The SMILES string of the molecule is COC(=O)C1CC(OC(C)=O)CC(Oc2ccc(CO)cc2C(=O)C#N)O1. The second kappa shape index (κ2) is 9.12. The van der Waals surface area contributed by atoms with Gasteiger partial charge in [0.15, 0.2) is 6.10 Å². The lowest BCUT2D eigenvalue weighted by Crippen LogP contribution is -2.44. The van der Waals surface area contributed by atoms with Crippen molar-refractivity contribution < 1.29 is 38.4 Å². The van der Waals surface area contributed by atoms with Gasteiger partial charge in [-0.15, -0.1) is 0 Å². The van der Waals surface area contributed by atoms with Gasteiger partial charge in [0.25, 0.3) is 5.78 Å². The van der Waals surface area contributed by atoms with Crippen molar-refractivity contribution in [2.75, 3.05) is 7.11 Å². The number of aliphatic hydroxyl groups excluding tert-OH is 1. The van der Waals surface area contributed by atoms with Crippen LogP contribution in [-0.4, -0.2) is 48.4 Å². The molecule has 27 heavy (non-hydrogen) atoms. The summed E-state index contributed by atoms with van der Waals surface area (Å²) < 4.78 is 21.0. The topological polar surface area (TPSA) is 132 Å². The number of ketones is 1. The minimum Gasteiger partial charge on any atom is -0.467 e. The Hall–Kier alpha value is -2.96. The van der Waals surface area contributed by atoms with Crippen LogP contribution >= 0.6 is 0 Å². The van der Waals surface area contributed by atoms with Crippen LogP contribution in [0.2, 0.25) is 0 Å². The Bertz CT molecular complexity index is 769. The van der Waals surface area contributed by atoms with Crippen LogP contribution in [0.15, 0.2) is 18.2 Å². The fourth-order valence-electron chi connectivity index (χ4n) is 2.69. The van der Waals surface area contributed by atoms with E-state index in [1.807, 2.05) is 0 Å². The number of nitrogens with zero attached hydrogens (tertiary/aromatic N) is 1. The molecule has 3 atom stereocenters. The molecule has 2 rings (SSSR count). The largest absolute Gasteiger partial charge is 0.467 e. The molecular formula is C18H19NO8. The smallest absolute Gasteiger partial charge is 0.335 e. The highest BCUT2D eigenvalue weighted by atomic mass is 16.7. The van der Waals surface area contributed by atoms with E-state index in [-0.39, 0.29) is 30.8 Å². The molecule has 0 aromatic heterocycles. The van der Waals surface area contributed by atoms with E-state index in [0.29, 0.717) is 5.56 Å². The number of carbonyl (C=O) groups excluding carboxylic acids is 3. The Morgan fingerprint density at radius 3 is 2.67 bits per heavy atom. The molecule has 1 aliphatic rings. The molecule has 144 valence electrons. The van der Waals surface area contributed by atoms with E-state index in [0.717, 1.165) is 0 Å². The number of nitriles is 1. The van der Waals surface area contributed by atoms with Gasteiger partial charge in [0.05, 0.1) is 19.3 Å². The van der Waals surface area contributed by atoms with Gasteiger partial charge in [-0.2, -0.15) is 5.26 Å². The molecule has 3 unspecified atom stereocenters. The normalized spacial score (nSPS) is 21.6. The Morgan fingerprint density at radius 1 is 1.33 bits per heavy atom. The van der Waals surface area contributed by atoms with Gasteiger partial charge in [-0.25, -0.2) is 4.79 Å². The second-order valence-electron chi connectivity index (χ2n) is 5.83. The third-order valence-corrected chi connectivity index (χ3v) is 3.88. The molecule has 0 amide bonds. The third-order valence-electron chi connectivity index (χ3n) is 3.88. The summed E-state index contributed by atoms with van der Waals surface area (Å²) in [6.07, 6.45) is -2.44. The zero-order valence-corrected chi connectivity index (χ0v) is 14.8. The van der Waals surface area contributed by atoms with Gasteiger partial charge >= 0.3 is 11.9 Å². The van der Waals surface area contributed by atoms with Crippen LogP contribution in [0.5, 0.6) is 5.75 Å². The minimum atomic E-state index is -1.02. The number of carbonyl (C=O) groups is 3. The van der Waals surface area contributed by atoms with Crippen molar-refractivity contribution in [3.8, 4) is 11.8 Å². The van der Waals surface area contributed by atoms with E-state index in [1.165, 1.54) is 38.3 Å². The van der Waals surface area contributed by atoms with Crippen LogP contribution in [0.3, 0.4) is 0 Å². The van der Waals surface area contributed by atoms with Gasteiger partial charge in [0.2, 0.25) is 6.29 Å². The number of hydrogen-bond acceptors (Lipinski definition) is 9. The summed E-state index contributed by atoms with van der Waals surface area (Å²) in [5.41, 5.74) is 0.382. The maximum absolute atomic E-state index is 11.9. The fourth-order valence-corrected chi connectivity index (χ4v) is 2.69. The predicted molar refractivity (Wildman–Crippen MR) is 88.4 cm³/mol. The molecule has 9 nitrogen and oxygen atoms in total. The first-order chi connectivity index (χ1) is 12.9. The quantitative estimate of drug-likeness (QED) is 0.435. The van der Waals surface area contributed by atoms with Crippen LogP contribution in [0.1, 0.15) is 35.7 Å². The molecule has 0 aliphatic carbocycles. The van der Waals surface area contributed by atoms with Crippen LogP contribution in [0.25, 0.3) is 0 Å². The van der Waals surface area contributed by atoms with E-state index < -0.39 is 36.2 Å². The molecule has 0 radical (unpaired) electrons. The van der Waals surface area contributed by atoms with Crippen molar-refractivity contribution in [1.82, 2.24) is 0 Å². The first kappa shape index (κ1) is 20.4. The summed E-state index contributed by atoms with van der Waals surface area (Å²) in [5.74, 6) is -1.96. The molecule has 0 saturated carbocycles. The number of Topliss-reactive ketones (excluding diaryl/α,β-unsaturated/α-hetero) is 1. The number of methoxy groups -OCH3 is 1. The van der Waals surface area contributed by atoms with Crippen molar-refractivity contribution in [3.05, 3.63) is 29.3 Å². The van der Waals surface area contributed by atoms with Gasteiger partial charge in [0, 0.05) is 19.8 Å². The van der Waals surface area contributed by atoms with Gasteiger partial charge in [-0.3, -0.25) is 9.59 Å². The molecule has 1 heterocycles. The van der Waals surface area contributed by atoms with Crippen LogP contribution < -0.4 is 4.74 Å². The molecule has 1 aromatic carbocycles. The summed E-state index contributed by atoms with van der Waals surface area (Å²) in [6.45, 7) is 0.931. The summed E-state index contributed by atoms with van der Waals surface area (Å²) >= 11 is 0. The maximum Gasteiger partial charge on any atom is 0.335 e. The third kappa shape index (κ3) is 5.26. The van der Waals surface area contributed by atoms with Gasteiger partial charge in [-0.1, -0.05) is 6.07 Å². The van der Waals surface area contributed by atoms with Gasteiger partial charge in [-0.05, 0) is 17.7 Å². The summed E-state index contributed by atoms with van der Waals surface area (Å²) in [4.78, 5) is 35.0. The highest BCUT2D eigenvalue weighted by Crippen LogP contribution is 2.28. The fraction of sp³-hybridized carbons (Fsp3) is 0.444. The van der Waals surface area contributed by atoms with Crippen LogP contribution in [0, 0.1) is 11.3 Å². The van der Waals surface area contributed by atoms with Crippen molar-refractivity contribution in [1.29, 1.82) is 5.26 Å². The Balaban J connectivity index is 2.26. The first-order valence-corrected chi connectivity index (χ1v) is 8.13. The van der Waals surface area contributed by atoms with Crippen molar-refractivity contribution in [3.63, 3.8) is 0 Å². The molecular weight excluding hydrogens is 358 g/mol. The molecule has 1 saturated heterocycles. The Kier molecular flexibility index (Phi) is 6.87. The van der Waals surface area contributed by atoms with Crippen molar-refractivity contribution >= 4 is 17.7 Å². The summed E-state index contributed by atoms with van der Waals surface area (Å²) in [7, 11) is 1.20. The minimum absolute atomic E-state index is 0.0446. The molecule has 1 fully saturated rings. The zero-order chi connectivity index (χ0) is 20.0. The molecule has 0 spiro atoms. The van der Waals surface area contributed by atoms with Gasteiger partial charge in [0.1, 0.15) is 17.9 Å². The Labute approximate surface area is 155 Å². The summed E-state index contributed by atoms with van der Waals surface area (Å²) in [5, 5.41) is 18.1. The molecule has 9 heteroatoms. The first-order valence-electron chi connectivity index (χ1n) is 8.13. The highest BCUT2D eigenvalue weighted by Gasteiger charge is 2.37. The van der Waals surface area contributed by atoms with E-state index in [1.54, 1.807) is 0 Å². The van der Waals surface area contributed by atoms with Gasteiger partial charge < -0.3 is 24.1 Å². The Morgan fingerprint density at radius 2 is 2.07 bits per heavy atom. The standard InChI is InChI=1S/C18H19NO8/c1-10(21)25-12-6-16(18(23)24-2)27-17(7-12)26-15-4-3-11(9-20)5-13(15)14(22)8-19/h3-5,12,16-17,20H,6-7,9H2,1-2H3. The lowest BCUT2D eigenvalue weighted by molar-refractivity contribution is -0.204. The monoisotopic (exact) mass is 377 g/mol. The number of rotatable bonds is 6. The molecule has 1 aromatic rings. The molecule has 1 N–H and O–H groups in total. The van der Waals surface area contributed by atoms with E-state index in [2.05, 4.69) is 4.74 Å². The highest BCUT2D eigenvalue weighted by molar-refractivity contribution is 6.09. The van der Waals surface area contributed by atoms with Crippen LogP contribution in [0.4, 0.5) is 0 Å². The maximum atomic E-state index is 11.9. The lowest BCUT2D eigenvalue weighted by Gasteiger charge is -2.33. The number of benzene rings is 1. The lowest BCUT2D eigenvalue weighted by atomic mass is 10.0. The average Bonchev–Trinajstić information content (AvgIpc) is 2.66. The number of esters is 2. The predicted octanol–water partition coefficient (Wildman–Crippen LogP) is 0.874. The van der Waals surface area contributed by atoms with E-state index >= 15 is 0 Å². The van der Waals surface area contributed by atoms with Crippen molar-refractivity contribution in [2.24, 2.45) is 0 Å². The zero-order valence-electron chi connectivity index (χ0n) is 14.8. The molecule has 0 bridgehead atoms. The van der Waals surface area contributed by atoms with Crippen LogP contribution in [-0.2, 0) is 30.4 Å². The van der Waals surface area contributed by atoms with E-state index in [9.17, 15) is 19.5 Å². The van der Waals surface area contributed by atoms with E-state index in [4.69, 9.17) is 19.5 Å². The summed E-state index contributed by atoms with van der Waals surface area (Å²) in [6, 6.07) is 5.77. The number of hydrogen-bond donors (Lipinski definition) is 1. The number of aliphatic hydroxyl groups is 1. The van der Waals surface area contributed by atoms with Crippen molar-refractivity contribution in [2.45, 2.75) is 44.9 Å².